The van der Waals surface area contributed by atoms with Crippen molar-refractivity contribution in [3.8, 4) is 11.8 Å². The van der Waals surface area contributed by atoms with Gasteiger partial charge in [0.1, 0.15) is 24.0 Å². The second-order valence-electron chi connectivity index (χ2n) is 4.65. The lowest BCUT2D eigenvalue weighted by atomic mass is 10.1. The van der Waals surface area contributed by atoms with E-state index in [0.29, 0.717) is 5.75 Å². The zero-order valence-corrected chi connectivity index (χ0v) is 14.0. The molecular weight excluding hydrogens is 358 g/mol. The smallest absolute Gasteiger partial charge is 0.349 e. The van der Waals surface area contributed by atoms with Crippen molar-refractivity contribution in [3.05, 3.63) is 69.7 Å². The minimum absolute atomic E-state index is 0.0488. The van der Waals surface area contributed by atoms with Crippen molar-refractivity contribution in [2.24, 2.45) is 0 Å². The second-order valence-corrected chi connectivity index (χ2v) is 5.56. The molecule has 23 heavy (non-hydrogen) atoms. The van der Waals surface area contributed by atoms with Crippen molar-refractivity contribution < 1.29 is 14.3 Å². The number of nitrogens with zero attached hydrogens (tertiary/aromatic N) is 1. The second kappa shape index (κ2) is 8.16. The van der Waals surface area contributed by atoms with E-state index in [-0.39, 0.29) is 12.2 Å². The molecule has 0 spiro atoms. The zero-order valence-electron chi connectivity index (χ0n) is 12.5. The minimum atomic E-state index is -0.647. The van der Waals surface area contributed by atoms with Gasteiger partial charge in [0.05, 0.1) is 7.11 Å². The molecule has 0 saturated carbocycles. The normalized spacial score (nSPS) is 10.7. The Bertz CT molecular complexity index is 743. The highest BCUT2D eigenvalue weighted by molar-refractivity contribution is 9.10. The van der Waals surface area contributed by atoms with Crippen molar-refractivity contribution in [1.82, 2.24) is 0 Å². The standard InChI is InChI=1S/C18H14BrNO3/c1-22-17-8-4-13(5-9-17)10-15(11-20)18(21)23-12-14-2-6-16(19)7-3-14/h2-10H,12H2,1H3/b15-10+. The van der Waals surface area contributed by atoms with Gasteiger partial charge >= 0.3 is 5.97 Å². The van der Waals surface area contributed by atoms with Crippen LogP contribution in [-0.4, -0.2) is 13.1 Å². The molecule has 2 rings (SSSR count). The number of methoxy groups -OCH3 is 1. The number of halogens is 1. The SMILES string of the molecule is COc1ccc(/C=C(\C#N)C(=O)OCc2ccc(Br)cc2)cc1. The molecule has 0 aliphatic carbocycles. The highest BCUT2D eigenvalue weighted by atomic mass is 79.9. The van der Waals surface area contributed by atoms with Crippen LogP contribution in [0.2, 0.25) is 0 Å². The van der Waals surface area contributed by atoms with E-state index in [1.807, 2.05) is 30.3 Å². The van der Waals surface area contributed by atoms with Crippen molar-refractivity contribution in [3.63, 3.8) is 0 Å². The Morgan fingerprint density at radius 1 is 1.17 bits per heavy atom. The molecule has 116 valence electrons. The Morgan fingerprint density at radius 2 is 1.83 bits per heavy atom. The third kappa shape index (κ3) is 4.97. The maximum atomic E-state index is 12.0. The summed E-state index contributed by atoms with van der Waals surface area (Å²) in [6, 6.07) is 16.3. The summed E-state index contributed by atoms with van der Waals surface area (Å²) in [4.78, 5) is 12.0. The largest absolute Gasteiger partial charge is 0.497 e. The minimum Gasteiger partial charge on any atom is -0.497 e. The van der Waals surface area contributed by atoms with E-state index >= 15 is 0 Å². The van der Waals surface area contributed by atoms with Gasteiger partial charge in [0.15, 0.2) is 0 Å². The fraction of sp³-hybridized carbons (Fsp3) is 0.111. The Kier molecular flexibility index (Phi) is 5.95. The van der Waals surface area contributed by atoms with Crippen LogP contribution in [0, 0.1) is 11.3 Å². The van der Waals surface area contributed by atoms with E-state index < -0.39 is 5.97 Å². The Labute approximate surface area is 143 Å². The number of hydrogen-bond acceptors (Lipinski definition) is 4. The van der Waals surface area contributed by atoms with Crippen LogP contribution in [-0.2, 0) is 16.1 Å². The van der Waals surface area contributed by atoms with Crippen LogP contribution in [0.5, 0.6) is 5.75 Å². The van der Waals surface area contributed by atoms with Crippen molar-refractivity contribution in [1.29, 1.82) is 5.26 Å². The average molecular weight is 372 g/mol. The predicted molar refractivity (Wildman–Crippen MR) is 90.5 cm³/mol. The molecular formula is C18H14BrNO3. The van der Waals surface area contributed by atoms with Crippen LogP contribution < -0.4 is 4.74 Å². The van der Waals surface area contributed by atoms with Crippen LogP contribution in [0.25, 0.3) is 6.08 Å². The Balaban J connectivity index is 2.04. The quantitative estimate of drug-likeness (QED) is 0.450. The van der Waals surface area contributed by atoms with Crippen LogP contribution in [0.4, 0.5) is 0 Å². The molecule has 0 radical (unpaired) electrons. The molecule has 0 aromatic heterocycles. The van der Waals surface area contributed by atoms with Gasteiger partial charge < -0.3 is 9.47 Å². The van der Waals surface area contributed by atoms with Crippen molar-refractivity contribution >= 4 is 28.0 Å². The van der Waals surface area contributed by atoms with Crippen LogP contribution in [0.1, 0.15) is 11.1 Å². The fourth-order valence-electron chi connectivity index (χ4n) is 1.81. The molecule has 0 N–H and O–H groups in total. The first-order valence-electron chi connectivity index (χ1n) is 6.80. The van der Waals surface area contributed by atoms with Gasteiger partial charge in [0.25, 0.3) is 0 Å². The number of carbonyl (C=O) groups excluding carboxylic acids is 1. The lowest BCUT2D eigenvalue weighted by Gasteiger charge is -2.05. The van der Waals surface area contributed by atoms with E-state index in [1.54, 1.807) is 31.4 Å². The Hall–Kier alpha value is -2.58. The summed E-state index contributed by atoms with van der Waals surface area (Å²) in [5, 5.41) is 9.14. The van der Waals surface area contributed by atoms with Gasteiger partial charge in [0, 0.05) is 4.47 Å². The topological polar surface area (TPSA) is 59.3 Å². The monoisotopic (exact) mass is 371 g/mol. The molecule has 5 heteroatoms. The van der Waals surface area contributed by atoms with Gasteiger partial charge in [-0.25, -0.2) is 4.79 Å². The first kappa shape index (κ1) is 16.8. The van der Waals surface area contributed by atoms with Gasteiger partial charge in [-0.05, 0) is 41.5 Å². The summed E-state index contributed by atoms with van der Waals surface area (Å²) < 4.78 is 11.2. The van der Waals surface area contributed by atoms with Crippen LogP contribution in [0.15, 0.2) is 58.6 Å². The maximum Gasteiger partial charge on any atom is 0.349 e. The summed E-state index contributed by atoms with van der Waals surface area (Å²) in [5.74, 6) is 0.0599. The van der Waals surface area contributed by atoms with Crippen molar-refractivity contribution in [2.75, 3.05) is 7.11 Å². The molecule has 4 nitrogen and oxygen atoms in total. The summed E-state index contributed by atoms with van der Waals surface area (Å²) in [7, 11) is 1.57. The first-order valence-corrected chi connectivity index (χ1v) is 7.59. The van der Waals surface area contributed by atoms with E-state index in [1.165, 1.54) is 6.08 Å². The molecule has 0 aliphatic heterocycles. The molecule has 0 amide bonds. The molecule has 0 unspecified atom stereocenters. The highest BCUT2D eigenvalue weighted by Crippen LogP contribution is 2.15. The Morgan fingerprint density at radius 3 is 2.39 bits per heavy atom. The van der Waals surface area contributed by atoms with Gasteiger partial charge in [-0.1, -0.05) is 40.2 Å². The summed E-state index contributed by atoms with van der Waals surface area (Å²) >= 11 is 3.34. The van der Waals surface area contributed by atoms with Gasteiger partial charge in [0.2, 0.25) is 0 Å². The summed E-state index contributed by atoms with van der Waals surface area (Å²) in [6.07, 6.45) is 1.49. The van der Waals surface area contributed by atoms with Gasteiger partial charge in [-0.3, -0.25) is 0 Å². The molecule has 0 fully saturated rings. The van der Waals surface area contributed by atoms with Crippen LogP contribution in [0.3, 0.4) is 0 Å². The number of nitriles is 1. The molecule has 0 atom stereocenters. The average Bonchev–Trinajstić information content (AvgIpc) is 2.59. The molecule has 2 aromatic rings. The number of rotatable bonds is 5. The molecule has 0 heterocycles. The van der Waals surface area contributed by atoms with E-state index in [2.05, 4.69) is 15.9 Å². The summed E-state index contributed by atoms with van der Waals surface area (Å²) in [5.41, 5.74) is 1.53. The number of benzene rings is 2. The number of ether oxygens (including phenoxy) is 2. The van der Waals surface area contributed by atoms with Crippen LogP contribution >= 0.6 is 15.9 Å². The lowest BCUT2D eigenvalue weighted by molar-refractivity contribution is -0.139. The van der Waals surface area contributed by atoms with E-state index in [0.717, 1.165) is 15.6 Å². The molecule has 0 saturated heterocycles. The zero-order chi connectivity index (χ0) is 16.7. The highest BCUT2D eigenvalue weighted by Gasteiger charge is 2.11. The first-order chi connectivity index (χ1) is 11.1. The lowest BCUT2D eigenvalue weighted by Crippen LogP contribution is -2.06. The molecule has 0 aliphatic rings. The van der Waals surface area contributed by atoms with E-state index in [9.17, 15) is 4.79 Å². The predicted octanol–water partition coefficient (Wildman–Crippen LogP) is 4.11. The van der Waals surface area contributed by atoms with Crippen molar-refractivity contribution in [2.45, 2.75) is 6.61 Å². The molecule has 2 aromatic carbocycles. The number of esters is 1. The maximum absolute atomic E-state index is 12.0. The molecule has 0 bridgehead atoms. The fourth-order valence-corrected chi connectivity index (χ4v) is 2.08. The van der Waals surface area contributed by atoms with Gasteiger partial charge in [-0.15, -0.1) is 0 Å². The number of hydrogen-bond donors (Lipinski definition) is 0. The third-order valence-electron chi connectivity index (χ3n) is 3.05. The number of carbonyl (C=O) groups is 1. The third-order valence-corrected chi connectivity index (χ3v) is 3.58. The summed E-state index contributed by atoms with van der Waals surface area (Å²) in [6.45, 7) is 0.119. The van der Waals surface area contributed by atoms with Gasteiger partial charge in [-0.2, -0.15) is 5.26 Å². The van der Waals surface area contributed by atoms with E-state index in [4.69, 9.17) is 14.7 Å².